The van der Waals surface area contributed by atoms with E-state index in [1.165, 1.54) is 11.1 Å². The molecule has 0 aliphatic heterocycles. The molecule has 0 atom stereocenters. The molecule has 0 aliphatic carbocycles. The Hall–Kier alpha value is -0.670. The molecular weight excluding hydrogens is 196 g/mol. The van der Waals surface area contributed by atoms with Crippen molar-refractivity contribution < 1.29 is 10.2 Å². The van der Waals surface area contributed by atoms with Gasteiger partial charge in [0.05, 0.1) is 6.61 Å². The standard InChI is InChI=1S/C11H16O2S/c1-8-3-4-11(13)9(2)10(8)7-14-6-5-12/h3-4,12-13H,5-7H2,1-2H3. The van der Waals surface area contributed by atoms with Gasteiger partial charge < -0.3 is 10.2 Å². The van der Waals surface area contributed by atoms with Crippen LogP contribution in [0, 0.1) is 13.8 Å². The summed E-state index contributed by atoms with van der Waals surface area (Å²) in [5.74, 6) is 1.96. The molecule has 0 spiro atoms. The number of hydrogen-bond acceptors (Lipinski definition) is 3. The van der Waals surface area contributed by atoms with E-state index in [1.54, 1.807) is 17.8 Å². The number of thioether (sulfide) groups is 1. The summed E-state index contributed by atoms with van der Waals surface area (Å²) in [7, 11) is 0. The Morgan fingerprint density at radius 1 is 1.29 bits per heavy atom. The second kappa shape index (κ2) is 5.27. The highest BCUT2D eigenvalue weighted by molar-refractivity contribution is 7.98. The fraction of sp³-hybridized carbons (Fsp3) is 0.455. The summed E-state index contributed by atoms with van der Waals surface area (Å²) in [6.45, 7) is 4.18. The van der Waals surface area contributed by atoms with E-state index in [1.807, 2.05) is 19.9 Å². The normalized spacial score (nSPS) is 10.5. The van der Waals surface area contributed by atoms with Crippen LogP contribution in [0.5, 0.6) is 5.75 Å². The van der Waals surface area contributed by atoms with Crippen molar-refractivity contribution in [3.05, 3.63) is 28.8 Å². The summed E-state index contributed by atoms with van der Waals surface area (Å²) >= 11 is 1.68. The average molecular weight is 212 g/mol. The fourth-order valence-corrected chi connectivity index (χ4v) is 2.26. The molecule has 0 aromatic heterocycles. The third-order valence-corrected chi connectivity index (χ3v) is 3.25. The van der Waals surface area contributed by atoms with Crippen molar-refractivity contribution in [2.24, 2.45) is 0 Å². The predicted octanol–water partition coefficient (Wildman–Crippen LogP) is 2.23. The maximum atomic E-state index is 9.52. The van der Waals surface area contributed by atoms with Gasteiger partial charge in [-0.1, -0.05) is 6.07 Å². The summed E-state index contributed by atoms with van der Waals surface area (Å²) in [4.78, 5) is 0. The molecule has 0 saturated carbocycles. The van der Waals surface area contributed by atoms with Crippen molar-refractivity contribution in [1.29, 1.82) is 0 Å². The van der Waals surface area contributed by atoms with E-state index in [4.69, 9.17) is 5.11 Å². The van der Waals surface area contributed by atoms with Crippen molar-refractivity contribution >= 4 is 11.8 Å². The summed E-state index contributed by atoms with van der Waals surface area (Å²) in [6.07, 6.45) is 0. The Bertz CT molecular complexity index is 310. The fourth-order valence-electron chi connectivity index (χ4n) is 1.34. The Morgan fingerprint density at radius 3 is 2.64 bits per heavy atom. The van der Waals surface area contributed by atoms with Crippen LogP contribution in [-0.4, -0.2) is 22.6 Å². The van der Waals surface area contributed by atoms with Crippen LogP contribution in [0.15, 0.2) is 12.1 Å². The summed E-state index contributed by atoms with van der Waals surface area (Å²) in [6, 6.07) is 3.65. The minimum absolute atomic E-state index is 0.210. The van der Waals surface area contributed by atoms with Crippen LogP contribution in [-0.2, 0) is 5.75 Å². The highest BCUT2D eigenvalue weighted by Gasteiger charge is 2.06. The number of phenols is 1. The smallest absolute Gasteiger partial charge is 0.118 e. The van der Waals surface area contributed by atoms with E-state index in [0.717, 1.165) is 17.1 Å². The summed E-state index contributed by atoms with van der Waals surface area (Å²) < 4.78 is 0. The molecule has 14 heavy (non-hydrogen) atoms. The molecule has 1 aromatic rings. The molecule has 3 heteroatoms. The lowest BCUT2D eigenvalue weighted by Crippen LogP contribution is -1.94. The van der Waals surface area contributed by atoms with Gasteiger partial charge in [-0.25, -0.2) is 0 Å². The second-order valence-corrected chi connectivity index (χ2v) is 4.39. The van der Waals surface area contributed by atoms with Crippen molar-refractivity contribution in [1.82, 2.24) is 0 Å². The van der Waals surface area contributed by atoms with E-state index in [-0.39, 0.29) is 6.61 Å². The zero-order chi connectivity index (χ0) is 10.6. The number of rotatable bonds is 4. The molecule has 2 N–H and O–H groups in total. The molecular formula is C11H16O2S. The predicted molar refractivity (Wildman–Crippen MR) is 60.8 cm³/mol. The van der Waals surface area contributed by atoms with E-state index in [0.29, 0.717) is 5.75 Å². The molecule has 0 heterocycles. The number of aliphatic hydroxyl groups is 1. The number of aromatic hydroxyl groups is 1. The third-order valence-electron chi connectivity index (χ3n) is 2.29. The number of aliphatic hydroxyl groups excluding tert-OH is 1. The first kappa shape index (κ1) is 11.4. The molecule has 78 valence electrons. The molecule has 2 nitrogen and oxygen atoms in total. The molecule has 0 fully saturated rings. The number of phenolic OH excluding ortho intramolecular Hbond substituents is 1. The van der Waals surface area contributed by atoms with Gasteiger partial charge in [0, 0.05) is 11.5 Å². The minimum atomic E-state index is 0.210. The highest BCUT2D eigenvalue weighted by Crippen LogP contribution is 2.26. The van der Waals surface area contributed by atoms with Crippen LogP contribution in [0.3, 0.4) is 0 Å². The van der Waals surface area contributed by atoms with E-state index < -0.39 is 0 Å². The summed E-state index contributed by atoms with van der Waals surface area (Å²) in [5.41, 5.74) is 3.34. The van der Waals surface area contributed by atoms with Crippen molar-refractivity contribution in [2.75, 3.05) is 12.4 Å². The lowest BCUT2D eigenvalue weighted by molar-refractivity contribution is 0.322. The van der Waals surface area contributed by atoms with Crippen LogP contribution >= 0.6 is 11.8 Å². The lowest BCUT2D eigenvalue weighted by atomic mass is 10.0. The molecule has 0 bridgehead atoms. The van der Waals surface area contributed by atoms with Gasteiger partial charge >= 0.3 is 0 Å². The van der Waals surface area contributed by atoms with Crippen LogP contribution in [0.2, 0.25) is 0 Å². The first-order valence-corrected chi connectivity index (χ1v) is 5.79. The average Bonchev–Trinajstić information content (AvgIpc) is 2.18. The monoisotopic (exact) mass is 212 g/mol. The van der Waals surface area contributed by atoms with Crippen LogP contribution in [0.25, 0.3) is 0 Å². The van der Waals surface area contributed by atoms with Gasteiger partial charge in [0.1, 0.15) is 5.75 Å². The second-order valence-electron chi connectivity index (χ2n) is 3.28. The Kier molecular flexibility index (Phi) is 4.29. The molecule has 0 aliphatic rings. The van der Waals surface area contributed by atoms with Gasteiger partial charge in [-0.15, -0.1) is 0 Å². The van der Waals surface area contributed by atoms with Gasteiger partial charge in [0.25, 0.3) is 0 Å². The van der Waals surface area contributed by atoms with E-state index >= 15 is 0 Å². The largest absolute Gasteiger partial charge is 0.508 e. The van der Waals surface area contributed by atoms with Gasteiger partial charge in [0.2, 0.25) is 0 Å². The van der Waals surface area contributed by atoms with Crippen molar-refractivity contribution in [3.63, 3.8) is 0 Å². The first-order chi connectivity index (χ1) is 6.66. The SMILES string of the molecule is Cc1ccc(O)c(C)c1CSCCO. The third kappa shape index (κ3) is 2.66. The van der Waals surface area contributed by atoms with Gasteiger partial charge in [-0.3, -0.25) is 0 Å². The zero-order valence-electron chi connectivity index (χ0n) is 8.58. The van der Waals surface area contributed by atoms with Crippen molar-refractivity contribution in [2.45, 2.75) is 19.6 Å². The number of benzene rings is 1. The molecule has 0 unspecified atom stereocenters. The molecule has 0 amide bonds. The van der Waals surface area contributed by atoms with E-state index in [2.05, 4.69) is 0 Å². The lowest BCUT2D eigenvalue weighted by Gasteiger charge is -2.10. The highest BCUT2D eigenvalue weighted by atomic mass is 32.2. The Labute approximate surface area is 89.0 Å². The number of hydrogen-bond donors (Lipinski definition) is 2. The molecule has 1 aromatic carbocycles. The number of aryl methyl sites for hydroxylation is 1. The molecule has 0 radical (unpaired) electrons. The van der Waals surface area contributed by atoms with Crippen LogP contribution < -0.4 is 0 Å². The van der Waals surface area contributed by atoms with Crippen molar-refractivity contribution in [3.8, 4) is 5.75 Å². The molecule has 1 rings (SSSR count). The Balaban J connectivity index is 2.79. The quantitative estimate of drug-likeness (QED) is 0.752. The minimum Gasteiger partial charge on any atom is -0.508 e. The summed E-state index contributed by atoms with van der Waals surface area (Å²) in [5, 5.41) is 18.2. The van der Waals surface area contributed by atoms with Crippen LogP contribution in [0.1, 0.15) is 16.7 Å². The van der Waals surface area contributed by atoms with Gasteiger partial charge in [-0.05, 0) is 36.6 Å². The van der Waals surface area contributed by atoms with Crippen LogP contribution in [0.4, 0.5) is 0 Å². The zero-order valence-corrected chi connectivity index (χ0v) is 9.40. The van der Waals surface area contributed by atoms with Gasteiger partial charge in [0.15, 0.2) is 0 Å². The first-order valence-electron chi connectivity index (χ1n) is 4.63. The molecule has 0 saturated heterocycles. The van der Waals surface area contributed by atoms with Gasteiger partial charge in [-0.2, -0.15) is 11.8 Å². The maximum Gasteiger partial charge on any atom is 0.118 e. The van der Waals surface area contributed by atoms with E-state index in [9.17, 15) is 5.11 Å². The topological polar surface area (TPSA) is 40.5 Å². The Morgan fingerprint density at radius 2 is 2.00 bits per heavy atom. The maximum absolute atomic E-state index is 9.52.